The van der Waals surface area contributed by atoms with E-state index < -0.39 is 11.7 Å². The molecule has 162 valence electrons. The lowest BCUT2D eigenvalue weighted by atomic mass is 10.1. The van der Waals surface area contributed by atoms with Crippen molar-refractivity contribution in [2.45, 2.75) is 25.2 Å². The van der Waals surface area contributed by atoms with E-state index in [1.54, 1.807) is 28.8 Å². The third kappa shape index (κ3) is 5.74. The van der Waals surface area contributed by atoms with E-state index in [9.17, 15) is 14.0 Å². The van der Waals surface area contributed by atoms with E-state index in [0.29, 0.717) is 29.0 Å². The van der Waals surface area contributed by atoms with Crippen LogP contribution in [0.3, 0.4) is 0 Å². The van der Waals surface area contributed by atoms with Crippen LogP contribution in [0, 0.1) is 5.82 Å². The number of hydrogen-bond acceptors (Lipinski definition) is 6. The summed E-state index contributed by atoms with van der Waals surface area (Å²) in [5, 5.41) is 11.6. The van der Waals surface area contributed by atoms with Crippen LogP contribution in [-0.2, 0) is 17.9 Å². The summed E-state index contributed by atoms with van der Waals surface area (Å²) in [6.45, 7) is 2.53. The molecule has 2 aromatic carbocycles. The Hall–Kier alpha value is -3.11. The van der Waals surface area contributed by atoms with E-state index >= 15 is 0 Å². The Morgan fingerprint density at radius 1 is 1.26 bits per heavy atom. The minimum absolute atomic E-state index is 0.0515. The molecule has 0 saturated heterocycles. The van der Waals surface area contributed by atoms with Gasteiger partial charge in [0.2, 0.25) is 5.91 Å². The number of nitrogens with zero attached hydrogens (tertiary/aromatic N) is 3. The number of benzene rings is 2. The average Bonchev–Trinajstić information content (AvgIpc) is 3.13. The Labute approximate surface area is 186 Å². The highest BCUT2D eigenvalue weighted by molar-refractivity contribution is 7.99. The van der Waals surface area contributed by atoms with Gasteiger partial charge in [0.05, 0.1) is 22.0 Å². The molecule has 0 aliphatic heterocycles. The van der Waals surface area contributed by atoms with E-state index in [2.05, 4.69) is 15.5 Å². The highest BCUT2D eigenvalue weighted by Crippen LogP contribution is 2.26. The molecule has 0 spiro atoms. The number of halogens is 2. The van der Waals surface area contributed by atoms with E-state index in [1.165, 1.54) is 23.9 Å². The molecule has 3 aromatic rings. The van der Waals surface area contributed by atoms with Crippen LogP contribution in [0.25, 0.3) is 0 Å². The van der Waals surface area contributed by atoms with Crippen LogP contribution in [0.1, 0.15) is 23.1 Å². The average molecular weight is 464 g/mol. The van der Waals surface area contributed by atoms with Crippen LogP contribution in [0.15, 0.2) is 47.6 Å². The topological polar surface area (TPSA) is 112 Å². The molecule has 1 heterocycles. The summed E-state index contributed by atoms with van der Waals surface area (Å²) in [5.41, 5.74) is 5.91. The number of aromatic nitrogens is 3. The fraction of sp³-hybridized carbons (Fsp3) is 0.200. The molecule has 8 nitrogen and oxygen atoms in total. The molecule has 11 heteroatoms. The maximum atomic E-state index is 13.2. The van der Waals surface area contributed by atoms with Gasteiger partial charge in [-0.15, -0.1) is 10.2 Å². The number of carbonyl (C=O) groups is 2. The van der Waals surface area contributed by atoms with Crippen molar-refractivity contribution in [3.8, 4) is 5.75 Å². The number of hydrogen-bond donors (Lipinski definition) is 2. The molecular formula is C20H19ClFN5O3S. The van der Waals surface area contributed by atoms with Gasteiger partial charge in [-0.2, -0.15) is 0 Å². The molecule has 1 aromatic heterocycles. The Kier molecular flexibility index (Phi) is 7.48. The van der Waals surface area contributed by atoms with Gasteiger partial charge in [-0.1, -0.05) is 35.5 Å². The van der Waals surface area contributed by atoms with Crippen molar-refractivity contribution in [3.63, 3.8) is 0 Å². The lowest BCUT2D eigenvalue weighted by Crippen LogP contribution is -2.19. The van der Waals surface area contributed by atoms with Gasteiger partial charge >= 0.3 is 0 Å². The van der Waals surface area contributed by atoms with Gasteiger partial charge in [-0.25, -0.2) is 4.39 Å². The monoisotopic (exact) mass is 463 g/mol. The standard InChI is InChI=1S/C20H19ClFN5O3S/c1-2-27-17(10-30-16-8-7-12(22)9-14(16)21)25-26-20(27)31-11-18(28)24-15-6-4-3-5-13(15)19(23)29/h3-9H,2,10-11H2,1H3,(H2,23,29)(H,24,28). The Balaban J connectivity index is 1.62. The molecule has 0 fully saturated rings. The van der Waals surface area contributed by atoms with Crippen molar-refractivity contribution in [1.82, 2.24) is 14.8 Å². The predicted octanol–water partition coefficient (Wildman–Crippen LogP) is 3.50. The van der Waals surface area contributed by atoms with E-state index in [4.69, 9.17) is 22.1 Å². The molecule has 0 aliphatic rings. The molecule has 0 saturated carbocycles. The number of ether oxygens (including phenoxy) is 1. The van der Waals surface area contributed by atoms with Crippen LogP contribution in [0.4, 0.5) is 10.1 Å². The number of nitrogens with two attached hydrogens (primary N) is 1. The van der Waals surface area contributed by atoms with Gasteiger partial charge in [0.1, 0.15) is 18.2 Å². The maximum Gasteiger partial charge on any atom is 0.250 e. The summed E-state index contributed by atoms with van der Waals surface area (Å²) in [6, 6.07) is 10.4. The summed E-state index contributed by atoms with van der Waals surface area (Å²) in [7, 11) is 0. The highest BCUT2D eigenvalue weighted by Gasteiger charge is 2.16. The SMILES string of the molecule is CCn1c(COc2ccc(F)cc2Cl)nnc1SCC(=O)Nc1ccccc1C(N)=O. The summed E-state index contributed by atoms with van der Waals surface area (Å²) < 4.78 is 20.6. The minimum Gasteiger partial charge on any atom is -0.484 e. The van der Waals surface area contributed by atoms with Gasteiger partial charge in [0.15, 0.2) is 11.0 Å². The number of carbonyl (C=O) groups excluding carboxylic acids is 2. The zero-order valence-corrected chi connectivity index (χ0v) is 18.0. The van der Waals surface area contributed by atoms with Gasteiger partial charge < -0.3 is 20.4 Å². The van der Waals surface area contributed by atoms with Crippen molar-refractivity contribution in [2.24, 2.45) is 5.73 Å². The molecule has 0 radical (unpaired) electrons. The number of anilines is 1. The zero-order chi connectivity index (χ0) is 22.4. The number of amides is 2. The number of para-hydroxylation sites is 1. The molecule has 0 unspecified atom stereocenters. The zero-order valence-electron chi connectivity index (χ0n) is 16.5. The maximum absolute atomic E-state index is 13.2. The third-order valence-corrected chi connectivity index (χ3v) is 5.42. The van der Waals surface area contributed by atoms with Crippen molar-refractivity contribution in [1.29, 1.82) is 0 Å². The summed E-state index contributed by atoms with van der Waals surface area (Å²) in [4.78, 5) is 23.8. The first-order valence-corrected chi connectivity index (χ1v) is 10.6. The van der Waals surface area contributed by atoms with Crippen LogP contribution >= 0.6 is 23.4 Å². The first kappa shape index (κ1) is 22.6. The van der Waals surface area contributed by atoms with Gasteiger partial charge in [0.25, 0.3) is 5.91 Å². The second-order valence-corrected chi connectivity index (χ2v) is 7.60. The second-order valence-electron chi connectivity index (χ2n) is 6.25. The largest absolute Gasteiger partial charge is 0.484 e. The van der Waals surface area contributed by atoms with Crippen molar-refractivity contribution in [3.05, 3.63) is 64.7 Å². The molecule has 0 atom stereocenters. The number of rotatable bonds is 9. The third-order valence-electron chi connectivity index (χ3n) is 4.16. The number of thioether (sulfide) groups is 1. The van der Waals surface area contributed by atoms with Crippen LogP contribution < -0.4 is 15.8 Å². The molecule has 3 rings (SSSR count). The molecule has 3 N–H and O–H groups in total. The van der Waals surface area contributed by atoms with Crippen LogP contribution in [0.5, 0.6) is 5.75 Å². The molecule has 2 amide bonds. The van der Waals surface area contributed by atoms with Crippen molar-refractivity contribution >= 4 is 40.9 Å². The summed E-state index contributed by atoms with van der Waals surface area (Å²) >= 11 is 7.16. The first-order chi connectivity index (χ1) is 14.9. The van der Waals surface area contributed by atoms with E-state index in [-0.39, 0.29) is 28.9 Å². The summed E-state index contributed by atoms with van der Waals surface area (Å²) in [5.74, 6) is -0.485. The lowest BCUT2D eigenvalue weighted by molar-refractivity contribution is -0.113. The Morgan fingerprint density at radius 2 is 2.03 bits per heavy atom. The fourth-order valence-corrected chi connectivity index (χ4v) is 3.75. The molecule has 0 bridgehead atoms. The van der Waals surface area contributed by atoms with E-state index in [0.717, 1.165) is 6.07 Å². The van der Waals surface area contributed by atoms with Crippen molar-refractivity contribution in [2.75, 3.05) is 11.1 Å². The minimum atomic E-state index is -0.625. The quantitative estimate of drug-likeness (QED) is 0.470. The van der Waals surface area contributed by atoms with Gasteiger partial charge in [-0.05, 0) is 37.3 Å². The van der Waals surface area contributed by atoms with Crippen LogP contribution in [-0.4, -0.2) is 32.3 Å². The van der Waals surface area contributed by atoms with Crippen molar-refractivity contribution < 1.29 is 18.7 Å². The highest BCUT2D eigenvalue weighted by atomic mass is 35.5. The molecule has 0 aliphatic carbocycles. The smallest absolute Gasteiger partial charge is 0.250 e. The first-order valence-electron chi connectivity index (χ1n) is 9.20. The lowest BCUT2D eigenvalue weighted by Gasteiger charge is -2.10. The van der Waals surface area contributed by atoms with Gasteiger partial charge in [-0.3, -0.25) is 9.59 Å². The molecular weight excluding hydrogens is 445 g/mol. The van der Waals surface area contributed by atoms with E-state index in [1.807, 2.05) is 6.92 Å². The Morgan fingerprint density at radius 3 is 2.74 bits per heavy atom. The summed E-state index contributed by atoms with van der Waals surface area (Å²) in [6.07, 6.45) is 0. The number of nitrogens with one attached hydrogen (secondary N) is 1. The molecule has 31 heavy (non-hydrogen) atoms. The number of primary amides is 1. The predicted molar refractivity (Wildman–Crippen MR) is 116 cm³/mol. The Bertz CT molecular complexity index is 1110. The second kappa shape index (κ2) is 10.3. The van der Waals surface area contributed by atoms with Crippen LogP contribution in [0.2, 0.25) is 5.02 Å². The van der Waals surface area contributed by atoms with Gasteiger partial charge in [0, 0.05) is 6.54 Å². The normalized spacial score (nSPS) is 10.7. The fourth-order valence-electron chi connectivity index (χ4n) is 2.71.